The topological polar surface area (TPSA) is 55.8 Å². The predicted molar refractivity (Wildman–Crippen MR) is 129 cm³/mol. The van der Waals surface area contributed by atoms with Gasteiger partial charge in [0.2, 0.25) is 0 Å². The van der Waals surface area contributed by atoms with Crippen LogP contribution in [0.4, 0.5) is 0 Å². The summed E-state index contributed by atoms with van der Waals surface area (Å²) in [5.41, 5.74) is 0.795. The van der Waals surface area contributed by atoms with Crippen LogP contribution in [-0.4, -0.2) is 33.7 Å². The lowest BCUT2D eigenvalue weighted by Crippen LogP contribution is -2.39. The first-order valence-corrected chi connectivity index (χ1v) is 12.5. The van der Waals surface area contributed by atoms with Gasteiger partial charge in [-0.2, -0.15) is 0 Å². The summed E-state index contributed by atoms with van der Waals surface area (Å²) in [4.78, 5) is 28.3. The largest absolute Gasteiger partial charge is 0.490 e. The highest BCUT2D eigenvalue weighted by Crippen LogP contribution is 2.38. The molecule has 1 aliphatic carbocycles. The maximum absolute atomic E-state index is 13.0. The van der Waals surface area contributed by atoms with Crippen LogP contribution in [0.15, 0.2) is 40.6 Å². The second-order valence-electron chi connectivity index (χ2n) is 7.35. The maximum Gasteiger partial charge on any atom is 0.353 e. The molecule has 8 heteroatoms. The summed E-state index contributed by atoms with van der Waals surface area (Å²) in [6.07, 6.45) is 7.37. The molecule has 5 nitrogen and oxygen atoms in total. The van der Waals surface area contributed by atoms with Crippen molar-refractivity contribution in [3.05, 3.63) is 51.1 Å². The number of thioether (sulfide) groups is 1. The molecule has 1 aliphatic heterocycles. The average Bonchev–Trinajstić information content (AvgIpc) is 3.39. The lowest BCUT2D eigenvalue weighted by Gasteiger charge is -2.29. The van der Waals surface area contributed by atoms with Crippen molar-refractivity contribution < 1.29 is 19.1 Å². The van der Waals surface area contributed by atoms with E-state index in [0.29, 0.717) is 32.2 Å². The number of thiophene rings is 1. The van der Waals surface area contributed by atoms with Crippen molar-refractivity contribution in [2.45, 2.75) is 45.1 Å². The first-order valence-electron chi connectivity index (χ1n) is 10.4. The zero-order chi connectivity index (χ0) is 21.8. The number of ether oxygens (including phenoxy) is 2. The Morgan fingerprint density at radius 2 is 2.03 bits per heavy atom. The van der Waals surface area contributed by atoms with Crippen molar-refractivity contribution in [3.63, 3.8) is 0 Å². The van der Waals surface area contributed by atoms with Gasteiger partial charge in [0, 0.05) is 6.04 Å². The Bertz CT molecular complexity index is 1010. The fourth-order valence-corrected chi connectivity index (χ4v) is 5.80. The molecule has 1 aromatic carbocycles. The Kier molecular flexibility index (Phi) is 7.09. The third-order valence-corrected chi connectivity index (χ3v) is 7.43. The van der Waals surface area contributed by atoms with Gasteiger partial charge in [-0.05, 0) is 55.0 Å². The van der Waals surface area contributed by atoms with E-state index < -0.39 is 5.97 Å². The fraction of sp³-hybridized carbons (Fsp3) is 0.348. The van der Waals surface area contributed by atoms with Gasteiger partial charge >= 0.3 is 5.97 Å². The standard InChI is InChI=1S/C23H23NO4S3/c1-2-27-18-13-15(10-11-17(18)28-22(26)19-9-6-12-30-19)14-20-21(25)24(23(29)31-20)16-7-4-3-5-8-16/h6,9-14,16H,2-5,7-8H2,1H3/b20-14+. The van der Waals surface area contributed by atoms with Crippen molar-refractivity contribution in [3.8, 4) is 11.5 Å². The molecule has 0 atom stereocenters. The van der Waals surface area contributed by atoms with Gasteiger partial charge in [-0.1, -0.05) is 55.4 Å². The SMILES string of the molecule is CCOc1cc(/C=C2/SC(=S)N(C3CCCCC3)C2=O)ccc1OC(=O)c1cccs1. The molecule has 1 amide bonds. The number of rotatable bonds is 6. The Labute approximate surface area is 195 Å². The van der Waals surface area contributed by atoms with Crippen LogP contribution < -0.4 is 9.47 Å². The van der Waals surface area contributed by atoms with E-state index >= 15 is 0 Å². The van der Waals surface area contributed by atoms with Crippen LogP contribution >= 0.6 is 35.3 Å². The number of esters is 1. The van der Waals surface area contributed by atoms with E-state index in [-0.39, 0.29) is 11.9 Å². The first kappa shape index (κ1) is 22.0. The molecule has 1 saturated carbocycles. The molecule has 1 aromatic heterocycles. The number of carbonyl (C=O) groups is 2. The van der Waals surface area contributed by atoms with E-state index in [1.165, 1.54) is 29.5 Å². The summed E-state index contributed by atoms with van der Waals surface area (Å²) >= 11 is 8.18. The Morgan fingerprint density at radius 3 is 2.74 bits per heavy atom. The second-order valence-corrected chi connectivity index (χ2v) is 9.97. The van der Waals surface area contributed by atoms with Crippen molar-refractivity contribution in [1.82, 2.24) is 4.90 Å². The van der Waals surface area contributed by atoms with Crippen molar-refractivity contribution >= 4 is 57.6 Å². The fourth-order valence-electron chi connectivity index (χ4n) is 3.80. The summed E-state index contributed by atoms with van der Waals surface area (Å²) in [7, 11) is 0. The van der Waals surface area contributed by atoms with Crippen molar-refractivity contribution in [1.29, 1.82) is 0 Å². The molecular formula is C23H23NO4S3. The zero-order valence-corrected chi connectivity index (χ0v) is 19.6. The molecule has 2 fully saturated rings. The minimum atomic E-state index is -0.419. The van der Waals surface area contributed by atoms with Crippen LogP contribution in [0.1, 0.15) is 54.3 Å². The van der Waals surface area contributed by atoms with Gasteiger partial charge in [0.05, 0.1) is 11.5 Å². The van der Waals surface area contributed by atoms with E-state index in [9.17, 15) is 9.59 Å². The first-order chi connectivity index (χ1) is 15.1. The minimum Gasteiger partial charge on any atom is -0.490 e. The number of amides is 1. The van der Waals surface area contributed by atoms with Gasteiger partial charge in [-0.25, -0.2) is 4.79 Å². The minimum absolute atomic E-state index is 0.0203. The lowest BCUT2D eigenvalue weighted by atomic mass is 9.94. The molecule has 2 heterocycles. The Balaban J connectivity index is 1.54. The van der Waals surface area contributed by atoms with Gasteiger partial charge in [0.1, 0.15) is 9.20 Å². The number of carbonyl (C=O) groups excluding carboxylic acids is 2. The molecule has 0 unspecified atom stereocenters. The van der Waals surface area contributed by atoms with Gasteiger partial charge in [-0.15, -0.1) is 11.3 Å². The van der Waals surface area contributed by atoms with Crippen LogP contribution in [0.25, 0.3) is 6.08 Å². The molecule has 31 heavy (non-hydrogen) atoms. The van der Waals surface area contributed by atoms with E-state index in [1.807, 2.05) is 24.4 Å². The molecule has 1 saturated heterocycles. The van der Waals surface area contributed by atoms with E-state index in [2.05, 4.69) is 0 Å². The maximum atomic E-state index is 13.0. The number of nitrogens with zero attached hydrogens (tertiary/aromatic N) is 1. The van der Waals surface area contributed by atoms with Crippen LogP contribution in [0.3, 0.4) is 0 Å². The van der Waals surface area contributed by atoms with Crippen LogP contribution in [0, 0.1) is 0 Å². The summed E-state index contributed by atoms with van der Waals surface area (Å²) in [6.45, 7) is 2.30. The molecule has 162 valence electrons. The Hall–Kier alpha value is -2.16. The highest BCUT2D eigenvalue weighted by atomic mass is 32.2. The van der Waals surface area contributed by atoms with Gasteiger partial charge in [0.15, 0.2) is 11.5 Å². The van der Waals surface area contributed by atoms with E-state index in [4.69, 9.17) is 21.7 Å². The highest BCUT2D eigenvalue weighted by Gasteiger charge is 2.37. The van der Waals surface area contributed by atoms with Crippen molar-refractivity contribution in [2.75, 3.05) is 6.61 Å². The van der Waals surface area contributed by atoms with Gasteiger partial charge in [0.25, 0.3) is 5.91 Å². The quantitative estimate of drug-likeness (QED) is 0.225. The average molecular weight is 474 g/mol. The van der Waals surface area contributed by atoms with Crippen LogP contribution in [0.2, 0.25) is 0 Å². The smallest absolute Gasteiger partial charge is 0.353 e. The summed E-state index contributed by atoms with van der Waals surface area (Å²) in [6, 6.07) is 9.03. The Morgan fingerprint density at radius 1 is 1.23 bits per heavy atom. The van der Waals surface area contributed by atoms with Gasteiger partial charge in [-0.3, -0.25) is 9.69 Å². The lowest BCUT2D eigenvalue weighted by molar-refractivity contribution is -0.124. The van der Waals surface area contributed by atoms with E-state index in [1.54, 1.807) is 29.2 Å². The highest BCUT2D eigenvalue weighted by molar-refractivity contribution is 8.26. The van der Waals surface area contributed by atoms with Crippen molar-refractivity contribution in [2.24, 2.45) is 0 Å². The molecule has 0 bridgehead atoms. The zero-order valence-electron chi connectivity index (χ0n) is 17.2. The second kappa shape index (κ2) is 9.97. The molecule has 0 radical (unpaired) electrons. The van der Waals surface area contributed by atoms with Crippen LogP contribution in [0.5, 0.6) is 11.5 Å². The summed E-state index contributed by atoms with van der Waals surface area (Å²) in [5, 5.41) is 1.83. The number of thiocarbonyl (C=S) groups is 1. The van der Waals surface area contributed by atoms with E-state index in [0.717, 1.165) is 31.2 Å². The molecule has 4 rings (SSSR count). The third kappa shape index (κ3) is 5.02. The predicted octanol–water partition coefficient (Wildman–Crippen LogP) is 5.90. The molecule has 2 aromatic rings. The number of hydrogen-bond donors (Lipinski definition) is 0. The molecular weight excluding hydrogens is 450 g/mol. The normalized spacial score (nSPS) is 18.6. The number of hydrogen-bond acceptors (Lipinski definition) is 7. The molecule has 0 spiro atoms. The monoisotopic (exact) mass is 473 g/mol. The third-order valence-electron chi connectivity index (χ3n) is 5.25. The van der Waals surface area contributed by atoms with Gasteiger partial charge < -0.3 is 9.47 Å². The summed E-state index contributed by atoms with van der Waals surface area (Å²) in [5.74, 6) is 0.376. The molecule has 2 aliphatic rings. The van der Waals surface area contributed by atoms with Crippen LogP contribution in [-0.2, 0) is 4.79 Å². The molecule has 0 N–H and O–H groups in total. The summed E-state index contributed by atoms with van der Waals surface area (Å²) < 4.78 is 11.9. The number of benzene rings is 1.